The van der Waals surface area contributed by atoms with Crippen LogP contribution in [0.5, 0.6) is 0 Å². The Kier molecular flexibility index (Phi) is 5.08. The topological polar surface area (TPSA) is 38.1 Å². The van der Waals surface area contributed by atoms with E-state index >= 15 is 0 Å². The highest BCUT2D eigenvalue weighted by molar-refractivity contribution is 7.16. The number of likely N-dealkylation sites (N-methyl/N-ethyl adjacent to an activating group) is 1. The van der Waals surface area contributed by atoms with E-state index in [2.05, 4.69) is 5.10 Å². The number of carbonyl (C=O) groups excluding carboxylic acids is 1. The number of aromatic nitrogens is 2. The molecule has 0 radical (unpaired) electrons. The first kappa shape index (κ1) is 16.1. The fourth-order valence-electron chi connectivity index (χ4n) is 1.87. The van der Waals surface area contributed by atoms with Crippen molar-refractivity contribution in [1.82, 2.24) is 14.7 Å². The van der Waals surface area contributed by atoms with Crippen molar-refractivity contribution in [3.05, 3.63) is 43.8 Å². The van der Waals surface area contributed by atoms with Crippen molar-refractivity contribution in [2.75, 3.05) is 7.05 Å². The van der Waals surface area contributed by atoms with Crippen LogP contribution < -0.4 is 0 Å². The van der Waals surface area contributed by atoms with E-state index in [0.29, 0.717) is 11.7 Å². The van der Waals surface area contributed by atoms with Gasteiger partial charge >= 0.3 is 0 Å². The molecule has 112 valence electrons. The monoisotopic (exact) mass is 343 g/mol. The Labute approximate surface area is 137 Å². The van der Waals surface area contributed by atoms with Crippen LogP contribution >= 0.6 is 34.5 Å². The van der Waals surface area contributed by atoms with Crippen molar-refractivity contribution in [3.8, 4) is 0 Å². The second-order valence-corrected chi connectivity index (χ2v) is 6.80. The second kappa shape index (κ2) is 6.64. The number of halogens is 2. The summed E-state index contributed by atoms with van der Waals surface area (Å²) in [7, 11) is 3.51. The molecule has 0 N–H and O–H groups in total. The first-order valence-electron chi connectivity index (χ1n) is 6.25. The van der Waals surface area contributed by atoms with E-state index in [-0.39, 0.29) is 5.91 Å². The third-order valence-electron chi connectivity index (χ3n) is 2.99. The molecule has 2 heterocycles. The maximum Gasteiger partial charge on any atom is 0.246 e. The van der Waals surface area contributed by atoms with Gasteiger partial charge in [0, 0.05) is 30.6 Å². The van der Waals surface area contributed by atoms with Crippen LogP contribution in [0.15, 0.2) is 18.2 Å². The molecule has 2 aromatic heterocycles. The SMILES string of the molecule is Cc1nn(C)c(Cl)c1/C=C/C(=O)N(C)Cc1ccc(Cl)s1. The molecule has 0 aromatic carbocycles. The van der Waals surface area contributed by atoms with Crippen molar-refractivity contribution in [2.24, 2.45) is 7.05 Å². The van der Waals surface area contributed by atoms with Gasteiger partial charge in [-0.2, -0.15) is 5.10 Å². The van der Waals surface area contributed by atoms with Gasteiger partial charge in [0.25, 0.3) is 0 Å². The van der Waals surface area contributed by atoms with Gasteiger partial charge in [-0.25, -0.2) is 0 Å². The van der Waals surface area contributed by atoms with Crippen molar-refractivity contribution in [1.29, 1.82) is 0 Å². The molecule has 0 unspecified atom stereocenters. The molecule has 0 aliphatic rings. The van der Waals surface area contributed by atoms with Crippen LogP contribution in [0.3, 0.4) is 0 Å². The lowest BCUT2D eigenvalue weighted by molar-refractivity contribution is -0.125. The molecule has 0 saturated heterocycles. The molecule has 2 rings (SSSR count). The van der Waals surface area contributed by atoms with Gasteiger partial charge in [0.05, 0.1) is 16.6 Å². The average Bonchev–Trinajstić information content (AvgIpc) is 2.92. The van der Waals surface area contributed by atoms with E-state index in [9.17, 15) is 4.79 Å². The number of carbonyl (C=O) groups is 1. The molecule has 0 saturated carbocycles. The summed E-state index contributed by atoms with van der Waals surface area (Å²) in [6.07, 6.45) is 3.20. The molecule has 2 aromatic rings. The van der Waals surface area contributed by atoms with Crippen LogP contribution in [-0.2, 0) is 18.4 Å². The molecule has 0 spiro atoms. The van der Waals surface area contributed by atoms with E-state index in [0.717, 1.165) is 20.5 Å². The Balaban J connectivity index is 2.04. The molecule has 0 atom stereocenters. The van der Waals surface area contributed by atoms with Crippen LogP contribution in [-0.4, -0.2) is 27.6 Å². The minimum Gasteiger partial charge on any atom is -0.337 e. The number of rotatable bonds is 4. The molecule has 4 nitrogen and oxygen atoms in total. The van der Waals surface area contributed by atoms with E-state index in [1.54, 1.807) is 29.8 Å². The average molecular weight is 344 g/mol. The number of hydrogen-bond donors (Lipinski definition) is 0. The van der Waals surface area contributed by atoms with Crippen LogP contribution in [0.4, 0.5) is 0 Å². The summed E-state index contributed by atoms with van der Waals surface area (Å²) in [5.74, 6) is -0.0983. The van der Waals surface area contributed by atoms with Crippen LogP contribution in [0.2, 0.25) is 9.49 Å². The van der Waals surface area contributed by atoms with Gasteiger partial charge in [-0.1, -0.05) is 23.2 Å². The highest BCUT2D eigenvalue weighted by Crippen LogP contribution is 2.23. The van der Waals surface area contributed by atoms with Crippen molar-refractivity contribution >= 4 is 46.5 Å². The Bertz CT molecular complexity index is 690. The van der Waals surface area contributed by atoms with E-state index in [1.165, 1.54) is 17.4 Å². The summed E-state index contributed by atoms with van der Waals surface area (Å²) in [5.41, 5.74) is 1.55. The first-order chi connectivity index (χ1) is 9.88. The summed E-state index contributed by atoms with van der Waals surface area (Å²) < 4.78 is 2.30. The van der Waals surface area contributed by atoms with E-state index in [4.69, 9.17) is 23.2 Å². The molecular weight excluding hydrogens is 329 g/mol. The van der Waals surface area contributed by atoms with Crippen LogP contribution in [0.1, 0.15) is 16.1 Å². The Morgan fingerprint density at radius 2 is 2.19 bits per heavy atom. The summed E-state index contributed by atoms with van der Waals surface area (Å²) in [4.78, 5) is 14.8. The number of hydrogen-bond acceptors (Lipinski definition) is 3. The quantitative estimate of drug-likeness (QED) is 0.792. The Morgan fingerprint density at radius 1 is 1.48 bits per heavy atom. The molecule has 1 amide bonds. The fraction of sp³-hybridized carbons (Fsp3) is 0.286. The van der Waals surface area contributed by atoms with E-state index in [1.807, 2.05) is 19.1 Å². The van der Waals surface area contributed by atoms with Gasteiger partial charge in [-0.05, 0) is 25.1 Å². The number of thiophene rings is 1. The smallest absolute Gasteiger partial charge is 0.246 e. The van der Waals surface area contributed by atoms with Gasteiger partial charge < -0.3 is 4.90 Å². The lowest BCUT2D eigenvalue weighted by Gasteiger charge is -2.13. The predicted molar refractivity (Wildman–Crippen MR) is 87.8 cm³/mol. The third-order valence-corrected chi connectivity index (χ3v) is 4.65. The molecule has 21 heavy (non-hydrogen) atoms. The van der Waals surface area contributed by atoms with Crippen molar-refractivity contribution in [2.45, 2.75) is 13.5 Å². The normalized spacial score (nSPS) is 11.3. The third kappa shape index (κ3) is 3.87. The number of aryl methyl sites for hydroxylation is 2. The van der Waals surface area contributed by atoms with Crippen molar-refractivity contribution in [3.63, 3.8) is 0 Å². The predicted octanol–water partition coefficient (Wildman–Crippen LogP) is 3.77. The lowest BCUT2D eigenvalue weighted by atomic mass is 10.2. The van der Waals surface area contributed by atoms with Gasteiger partial charge in [-0.3, -0.25) is 9.48 Å². The first-order valence-corrected chi connectivity index (χ1v) is 7.82. The lowest BCUT2D eigenvalue weighted by Crippen LogP contribution is -2.23. The number of amides is 1. The molecule has 0 aliphatic heterocycles. The highest BCUT2D eigenvalue weighted by Gasteiger charge is 2.11. The zero-order valence-corrected chi connectivity index (χ0v) is 14.3. The van der Waals surface area contributed by atoms with Gasteiger partial charge in [0.1, 0.15) is 5.15 Å². The minimum atomic E-state index is -0.0983. The highest BCUT2D eigenvalue weighted by atomic mass is 35.5. The maximum absolute atomic E-state index is 12.1. The molecule has 0 bridgehead atoms. The number of nitrogens with zero attached hydrogens (tertiary/aromatic N) is 3. The summed E-state index contributed by atoms with van der Waals surface area (Å²) in [6.45, 7) is 2.38. The summed E-state index contributed by atoms with van der Waals surface area (Å²) in [6, 6.07) is 3.75. The summed E-state index contributed by atoms with van der Waals surface area (Å²) in [5, 5.41) is 4.72. The fourth-order valence-corrected chi connectivity index (χ4v) is 3.24. The van der Waals surface area contributed by atoms with Gasteiger partial charge in [0.2, 0.25) is 5.91 Å². The summed E-state index contributed by atoms with van der Waals surface area (Å²) >= 11 is 13.5. The van der Waals surface area contributed by atoms with Crippen LogP contribution in [0.25, 0.3) is 6.08 Å². The largest absolute Gasteiger partial charge is 0.337 e. The van der Waals surface area contributed by atoms with Crippen LogP contribution in [0, 0.1) is 6.92 Å². The van der Waals surface area contributed by atoms with Crippen molar-refractivity contribution < 1.29 is 4.79 Å². The molecule has 0 fully saturated rings. The molecule has 7 heteroatoms. The Hall–Kier alpha value is -1.30. The molecule has 0 aliphatic carbocycles. The van der Waals surface area contributed by atoms with E-state index < -0.39 is 0 Å². The van der Waals surface area contributed by atoms with Gasteiger partial charge in [0.15, 0.2) is 0 Å². The maximum atomic E-state index is 12.1. The zero-order valence-electron chi connectivity index (χ0n) is 11.9. The van der Waals surface area contributed by atoms with Gasteiger partial charge in [-0.15, -0.1) is 11.3 Å². The zero-order chi connectivity index (χ0) is 15.6. The standard InChI is InChI=1S/C14H15Cl2N3OS/c1-9-11(14(16)19(3)17-9)5-7-13(20)18(2)8-10-4-6-12(15)21-10/h4-7H,8H2,1-3H3/b7-5+. The minimum absolute atomic E-state index is 0.0983. The molecular formula is C14H15Cl2N3OS. The Morgan fingerprint density at radius 3 is 2.71 bits per heavy atom. The second-order valence-electron chi connectivity index (χ2n) is 4.65.